The fourth-order valence-electron chi connectivity index (χ4n) is 3.56. The van der Waals surface area contributed by atoms with E-state index in [2.05, 4.69) is 4.98 Å². The van der Waals surface area contributed by atoms with Crippen molar-refractivity contribution in [2.45, 2.75) is 5.78 Å². The summed E-state index contributed by atoms with van der Waals surface area (Å²) in [5.74, 6) is -1.84. The number of aromatic amines is 1. The normalized spacial score (nSPS) is 12.9. The lowest BCUT2D eigenvalue weighted by atomic mass is 10.1. The summed E-state index contributed by atoms with van der Waals surface area (Å²) in [7, 11) is -5.03. The van der Waals surface area contributed by atoms with Gasteiger partial charge in [-0.1, -0.05) is 48.5 Å². The minimum absolute atomic E-state index is 0.0650. The summed E-state index contributed by atoms with van der Waals surface area (Å²) < 4.78 is 13.1. The third-order valence-corrected chi connectivity index (χ3v) is 5.94. The average molecular weight is 427 g/mol. The van der Waals surface area contributed by atoms with Gasteiger partial charge in [0.15, 0.2) is 5.78 Å². The molecule has 4 aromatic rings. The number of nitrogens with zero attached hydrogens (tertiary/aromatic N) is 2. The first-order valence-electron chi connectivity index (χ1n) is 8.65. The SMILES string of the molecule is O=c1[nH]c2c3ccccc3c([N+](=O)[O-])cc2n(C(c2ccccc2)P(=O)(O)O)c1=O. The molecular weight excluding hydrogens is 413 g/mol. The zero-order chi connectivity index (χ0) is 21.6. The maximum absolute atomic E-state index is 12.8. The molecule has 10 nitrogen and oxygen atoms in total. The maximum Gasteiger partial charge on any atom is 0.352 e. The molecule has 152 valence electrons. The Hall–Kier alpha value is -3.59. The van der Waals surface area contributed by atoms with Gasteiger partial charge < -0.3 is 14.8 Å². The van der Waals surface area contributed by atoms with Gasteiger partial charge in [0.25, 0.3) is 5.69 Å². The molecule has 0 aliphatic carbocycles. The molecule has 0 bridgehead atoms. The highest BCUT2D eigenvalue weighted by Crippen LogP contribution is 2.52. The Balaban J connectivity index is 2.26. The van der Waals surface area contributed by atoms with Crippen LogP contribution in [0.25, 0.3) is 21.8 Å². The van der Waals surface area contributed by atoms with Crippen LogP contribution >= 0.6 is 7.60 Å². The van der Waals surface area contributed by atoms with Crippen LogP contribution in [0.1, 0.15) is 11.3 Å². The fraction of sp³-hybridized carbons (Fsp3) is 0.0526. The Morgan fingerprint density at radius 3 is 2.20 bits per heavy atom. The van der Waals surface area contributed by atoms with Crippen molar-refractivity contribution < 1.29 is 19.3 Å². The first kappa shape index (κ1) is 19.7. The number of benzene rings is 3. The quantitative estimate of drug-likeness (QED) is 0.148. The number of aromatic nitrogens is 2. The van der Waals surface area contributed by atoms with Crippen LogP contribution in [-0.4, -0.2) is 24.3 Å². The van der Waals surface area contributed by atoms with E-state index >= 15 is 0 Å². The van der Waals surface area contributed by atoms with Crippen molar-refractivity contribution in [1.29, 1.82) is 0 Å². The van der Waals surface area contributed by atoms with Gasteiger partial charge in [0.05, 0.1) is 21.3 Å². The summed E-state index contributed by atoms with van der Waals surface area (Å²) in [6, 6.07) is 14.7. The monoisotopic (exact) mass is 427 g/mol. The molecule has 3 aromatic carbocycles. The van der Waals surface area contributed by atoms with Gasteiger partial charge in [-0.05, 0) is 11.6 Å². The lowest BCUT2D eigenvalue weighted by molar-refractivity contribution is -0.383. The van der Waals surface area contributed by atoms with E-state index < -0.39 is 29.4 Å². The second kappa shape index (κ2) is 7.03. The number of H-pyrrole nitrogens is 1. The van der Waals surface area contributed by atoms with E-state index in [1.54, 1.807) is 18.2 Å². The molecule has 0 aliphatic rings. The Morgan fingerprint density at radius 2 is 1.60 bits per heavy atom. The van der Waals surface area contributed by atoms with Gasteiger partial charge in [-0.3, -0.25) is 28.8 Å². The van der Waals surface area contributed by atoms with E-state index in [0.717, 1.165) is 6.07 Å². The van der Waals surface area contributed by atoms with Crippen LogP contribution in [-0.2, 0) is 4.57 Å². The highest BCUT2D eigenvalue weighted by Gasteiger charge is 2.35. The lowest BCUT2D eigenvalue weighted by Crippen LogP contribution is -2.38. The van der Waals surface area contributed by atoms with Crippen molar-refractivity contribution in [3.8, 4) is 0 Å². The van der Waals surface area contributed by atoms with Crippen molar-refractivity contribution in [2.24, 2.45) is 0 Å². The second-order valence-corrected chi connectivity index (χ2v) is 8.26. The van der Waals surface area contributed by atoms with Crippen LogP contribution in [0.5, 0.6) is 0 Å². The summed E-state index contributed by atoms with van der Waals surface area (Å²) in [6.07, 6.45) is 0. The largest absolute Gasteiger partial charge is 0.352 e. The number of nitrogens with one attached hydrogen (secondary N) is 1. The van der Waals surface area contributed by atoms with Gasteiger partial charge in [-0.15, -0.1) is 0 Å². The first-order chi connectivity index (χ1) is 14.2. The molecule has 0 aliphatic heterocycles. The number of fused-ring (bicyclic) bond motifs is 3. The molecule has 0 amide bonds. The predicted molar refractivity (Wildman–Crippen MR) is 110 cm³/mol. The smallest absolute Gasteiger partial charge is 0.323 e. The molecule has 0 radical (unpaired) electrons. The first-order valence-corrected chi connectivity index (χ1v) is 10.3. The molecule has 0 saturated heterocycles. The summed E-state index contributed by atoms with van der Waals surface area (Å²) in [6.45, 7) is 0. The Morgan fingerprint density at radius 1 is 1.00 bits per heavy atom. The number of hydrogen-bond donors (Lipinski definition) is 3. The van der Waals surface area contributed by atoms with Crippen LogP contribution < -0.4 is 11.1 Å². The van der Waals surface area contributed by atoms with Gasteiger partial charge in [-0.25, -0.2) is 0 Å². The van der Waals surface area contributed by atoms with Crippen LogP contribution in [0.15, 0.2) is 70.3 Å². The molecule has 4 rings (SSSR count). The Bertz CT molecular complexity index is 1470. The molecule has 1 atom stereocenters. The average Bonchev–Trinajstić information content (AvgIpc) is 2.70. The minimum atomic E-state index is -5.03. The second-order valence-electron chi connectivity index (χ2n) is 6.60. The molecule has 1 heterocycles. The van der Waals surface area contributed by atoms with Crippen LogP contribution in [0.4, 0.5) is 5.69 Å². The van der Waals surface area contributed by atoms with Gasteiger partial charge >= 0.3 is 18.7 Å². The highest BCUT2D eigenvalue weighted by molar-refractivity contribution is 7.52. The number of rotatable bonds is 4. The lowest BCUT2D eigenvalue weighted by Gasteiger charge is -2.23. The molecule has 3 N–H and O–H groups in total. The maximum atomic E-state index is 12.8. The molecule has 0 spiro atoms. The van der Waals surface area contributed by atoms with E-state index in [1.165, 1.54) is 36.4 Å². The van der Waals surface area contributed by atoms with Gasteiger partial charge in [0.2, 0.25) is 0 Å². The Labute approximate surface area is 167 Å². The standard InChI is InChI=1S/C19H14N3O7P/c23-17-18(24)21(19(30(27,28)29)11-6-2-1-3-7-11)15-10-14(22(25)26)12-8-4-5-9-13(12)16(15)20-17/h1-10,19H,(H,20,23)(H2,27,28,29). The molecule has 1 unspecified atom stereocenters. The highest BCUT2D eigenvalue weighted by atomic mass is 31.2. The molecule has 0 fully saturated rings. The van der Waals surface area contributed by atoms with Crippen molar-refractivity contribution in [3.63, 3.8) is 0 Å². The number of hydrogen-bond acceptors (Lipinski definition) is 5. The van der Waals surface area contributed by atoms with Crippen molar-refractivity contribution in [1.82, 2.24) is 9.55 Å². The fourth-order valence-corrected chi connectivity index (χ4v) is 4.65. The van der Waals surface area contributed by atoms with Crippen molar-refractivity contribution >= 4 is 35.1 Å². The van der Waals surface area contributed by atoms with Crippen molar-refractivity contribution in [2.75, 3.05) is 0 Å². The Kier molecular flexibility index (Phi) is 4.62. The zero-order valence-corrected chi connectivity index (χ0v) is 16.0. The summed E-state index contributed by atoms with van der Waals surface area (Å²) in [5, 5.41) is 12.1. The zero-order valence-electron chi connectivity index (χ0n) is 15.1. The molecule has 11 heteroatoms. The molecule has 0 saturated carbocycles. The van der Waals surface area contributed by atoms with E-state index in [0.29, 0.717) is 4.57 Å². The van der Waals surface area contributed by atoms with Crippen LogP contribution in [0.2, 0.25) is 0 Å². The van der Waals surface area contributed by atoms with Crippen LogP contribution in [0, 0.1) is 10.1 Å². The van der Waals surface area contributed by atoms with Gasteiger partial charge in [0.1, 0.15) is 0 Å². The van der Waals surface area contributed by atoms with Gasteiger partial charge in [0, 0.05) is 11.5 Å². The van der Waals surface area contributed by atoms with E-state index in [4.69, 9.17) is 0 Å². The predicted octanol–water partition coefficient (Wildman–Crippen LogP) is 2.48. The van der Waals surface area contributed by atoms with E-state index in [9.17, 15) is 34.1 Å². The third kappa shape index (κ3) is 3.13. The number of non-ortho nitro benzene ring substituents is 1. The minimum Gasteiger partial charge on any atom is -0.323 e. The molecule has 30 heavy (non-hydrogen) atoms. The van der Waals surface area contributed by atoms with E-state index in [-0.39, 0.29) is 33.1 Å². The summed E-state index contributed by atoms with van der Waals surface area (Å²) >= 11 is 0. The number of nitro benzene ring substituents is 1. The summed E-state index contributed by atoms with van der Waals surface area (Å²) in [4.78, 5) is 58.7. The van der Waals surface area contributed by atoms with E-state index in [1.807, 2.05) is 0 Å². The third-order valence-electron chi connectivity index (χ3n) is 4.77. The molecular formula is C19H14N3O7P. The van der Waals surface area contributed by atoms with Crippen LogP contribution in [0.3, 0.4) is 0 Å². The van der Waals surface area contributed by atoms with Crippen molar-refractivity contribution in [3.05, 3.63) is 97.0 Å². The van der Waals surface area contributed by atoms with Gasteiger partial charge in [-0.2, -0.15) is 0 Å². The number of nitro groups is 1. The summed E-state index contributed by atoms with van der Waals surface area (Å²) in [5.41, 5.74) is -2.72. The molecule has 1 aromatic heterocycles. The topological polar surface area (TPSA) is 156 Å².